The Kier molecular flexibility index (Phi) is 4.25. The zero-order valence-corrected chi connectivity index (χ0v) is 15.7. The van der Waals surface area contributed by atoms with Gasteiger partial charge in [0, 0.05) is 22.2 Å². The van der Waals surface area contributed by atoms with E-state index < -0.39 is 5.97 Å². The number of para-hydroxylation sites is 1. The highest BCUT2D eigenvalue weighted by molar-refractivity contribution is 7.08. The number of rotatable bonds is 5. The Morgan fingerprint density at radius 1 is 1.21 bits per heavy atom. The highest BCUT2D eigenvalue weighted by Gasteiger charge is 2.28. The van der Waals surface area contributed by atoms with Crippen molar-refractivity contribution >= 4 is 17.3 Å². The normalized spacial score (nSPS) is 12.9. The zero-order valence-electron chi connectivity index (χ0n) is 14.9. The average molecular weight is 392 g/mol. The maximum atomic E-state index is 12.7. The Morgan fingerprint density at radius 3 is 2.93 bits per heavy atom. The van der Waals surface area contributed by atoms with Gasteiger partial charge in [0.25, 0.3) is 5.89 Å². The van der Waals surface area contributed by atoms with E-state index in [4.69, 9.17) is 9.26 Å². The molecule has 0 radical (unpaired) electrons. The summed E-state index contributed by atoms with van der Waals surface area (Å²) in [6.07, 6.45) is 2.74. The van der Waals surface area contributed by atoms with E-state index in [0.29, 0.717) is 11.5 Å². The molecule has 1 aromatic carbocycles. The van der Waals surface area contributed by atoms with E-state index in [9.17, 15) is 4.79 Å². The number of ether oxygens (including phenoxy) is 1. The van der Waals surface area contributed by atoms with Crippen LogP contribution in [-0.2, 0) is 24.2 Å². The fourth-order valence-electron chi connectivity index (χ4n) is 3.40. The van der Waals surface area contributed by atoms with Crippen molar-refractivity contribution < 1.29 is 14.1 Å². The zero-order chi connectivity index (χ0) is 18.9. The van der Waals surface area contributed by atoms with Gasteiger partial charge in [-0.05, 0) is 42.8 Å². The van der Waals surface area contributed by atoms with Crippen molar-refractivity contribution in [3.8, 4) is 17.1 Å². The van der Waals surface area contributed by atoms with Crippen molar-refractivity contribution in [2.45, 2.75) is 25.9 Å². The van der Waals surface area contributed by atoms with Gasteiger partial charge in [0.15, 0.2) is 12.3 Å². The van der Waals surface area contributed by atoms with Gasteiger partial charge in [-0.3, -0.25) is 0 Å². The Balaban J connectivity index is 1.35. The largest absolute Gasteiger partial charge is 0.451 e. The van der Waals surface area contributed by atoms with E-state index in [-0.39, 0.29) is 12.5 Å². The summed E-state index contributed by atoms with van der Waals surface area (Å²) in [5.74, 6) is 0.276. The van der Waals surface area contributed by atoms with Crippen LogP contribution in [0.25, 0.3) is 17.1 Å². The van der Waals surface area contributed by atoms with Gasteiger partial charge in [-0.2, -0.15) is 21.4 Å². The second kappa shape index (κ2) is 7.05. The molecular weight excluding hydrogens is 376 g/mol. The van der Waals surface area contributed by atoms with Crippen molar-refractivity contribution in [3.63, 3.8) is 0 Å². The van der Waals surface area contributed by atoms with Crippen LogP contribution in [0.3, 0.4) is 0 Å². The SMILES string of the molecule is O=C(OCc1nc(-c2ccsc2)no1)c1nn(-c2ccccc2)c2c1CCC2. The number of benzene rings is 1. The molecule has 0 aliphatic heterocycles. The summed E-state index contributed by atoms with van der Waals surface area (Å²) < 4.78 is 12.4. The monoisotopic (exact) mass is 392 g/mol. The van der Waals surface area contributed by atoms with Crippen LogP contribution in [0.5, 0.6) is 0 Å². The standard InChI is InChI=1S/C20H16N4O3S/c25-20(26-11-17-21-19(23-27-17)13-9-10-28-12-13)18-15-7-4-8-16(15)24(22-18)14-5-2-1-3-6-14/h1-3,5-6,9-10,12H,4,7-8,11H2. The highest BCUT2D eigenvalue weighted by atomic mass is 32.1. The molecule has 0 unspecified atom stereocenters. The first-order chi connectivity index (χ1) is 13.8. The van der Waals surface area contributed by atoms with Gasteiger partial charge in [-0.15, -0.1) is 0 Å². The topological polar surface area (TPSA) is 83.0 Å². The lowest BCUT2D eigenvalue weighted by atomic mass is 10.2. The van der Waals surface area contributed by atoms with E-state index in [1.807, 2.05) is 51.8 Å². The van der Waals surface area contributed by atoms with E-state index >= 15 is 0 Å². The van der Waals surface area contributed by atoms with Crippen molar-refractivity contribution in [3.05, 3.63) is 70.0 Å². The molecule has 1 aliphatic rings. The molecule has 1 aliphatic carbocycles. The highest BCUT2D eigenvalue weighted by Crippen LogP contribution is 2.28. The maximum Gasteiger partial charge on any atom is 0.359 e. The van der Waals surface area contributed by atoms with Crippen LogP contribution in [-0.4, -0.2) is 25.9 Å². The molecule has 4 aromatic rings. The molecular formula is C20H16N4O3S. The number of fused-ring (bicyclic) bond motifs is 1. The molecule has 0 saturated carbocycles. The predicted octanol–water partition coefficient (Wildman–Crippen LogP) is 3.83. The van der Waals surface area contributed by atoms with Crippen molar-refractivity contribution in [2.24, 2.45) is 0 Å². The number of nitrogens with zero attached hydrogens (tertiary/aromatic N) is 4. The summed E-state index contributed by atoms with van der Waals surface area (Å²) in [6.45, 7) is -0.0804. The molecule has 8 heteroatoms. The minimum atomic E-state index is -0.469. The van der Waals surface area contributed by atoms with E-state index in [0.717, 1.165) is 41.8 Å². The molecule has 0 saturated heterocycles. The molecule has 0 amide bonds. The number of hydrogen-bond donors (Lipinski definition) is 0. The number of thiophene rings is 1. The first-order valence-corrected chi connectivity index (χ1v) is 9.92. The molecule has 0 N–H and O–H groups in total. The lowest BCUT2D eigenvalue weighted by Gasteiger charge is -2.04. The summed E-state index contributed by atoms with van der Waals surface area (Å²) in [5, 5.41) is 12.3. The van der Waals surface area contributed by atoms with Crippen LogP contribution < -0.4 is 0 Å². The number of esters is 1. The van der Waals surface area contributed by atoms with Crippen LogP contribution in [0.1, 0.15) is 34.1 Å². The Hall–Kier alpha value is -3.26. The molecule has 3 heterocycles. The van der Waals surface area contributed by atoms with Gasteiger partial charge in [0.05, 0.1) is 5.69 Å². The molecule has 0 bridgehead atoms. The quantitative estimate of drug-likeness (QED) is 0.480. The number of carbonyl (C=O) groups is 1. The van der Waals surface area contributed by atoms with Gasteiger partial charge in [0.2, 0.25) is 5.82 Å². The number of hydrogen-bond acceptors (Lipinski definition) is 7. The first kappa shape index (κ1) is 16.9. The van der Waals surface area contributed by atoms with E-state index in [1.165, 1.54) is 0 Å². The minimum Gasteiger partial charge on any atom is -0.451 e. The second-order valence-electron chi connectivity index (χ2n) is 6.47. The van der Waals surface area contributed by atoms with Crippen LogP contribution in [0.2, 0.25) is 0 Å². The van der Waals surface area contributed by atoms with Crippen molar-refractivity contribution in [1.29, 1.82) is 0 Å². The van der Waals surface area contributed by atoms with Gasteiger partial charge >= 0.3 is 5.97 Å². The summed E-state index contributed by atoms with van der Waals surface area (Å²) in [5.41, 5.74) is 4.24. The second-order valence-corrected chi connectivity index (χ2v) is 7.25. The molecule has 0 fully saturated rings. The summed E-state index contributed by atoms with van der Waals surface area (Å²) in [7, 11) is 0. The lowest BCUT2D eigenvalue weighted by Crippen LogP contribution is -2.09. The fraction of sp³-hybridized carbons (Fsp3) is 0.200. The average Bonchev–Trinajstić information content (AvgIpc) is 3.51. The molecule has 140 valence electrons. The third kappa shape index (κ3) is 3.01. The minimum absolute atomic E-state index is 0.0804. The maximum absolute atomic E-state index is 12.7. The molecule has 5 rings (SSSR count). The molecule has 0 spiro atoms. The summed E-state index contributed by atoms with van der Waals surface area (Å²) >= 11 is 1.55. The Morgan fingerprint density at radius 2 is 2.11 bits per heavy atom. The summed E-state index contributed by atoms with van der Waals surface area (Å²) in [6, 6.07) is 11.7. The van der Waals surface area contributed by atoms with Gasteiger partial charge in [-0.25, -0.2) is 9.48 Å². The molecule has 3 aromatic heterocycles. The third-order valence-corrected chi connectivity index (χ3v) is 5.38. The van der Waals surface area contributed by atoms with Crippen LogP contribution >= 0.6 is 11.3 Å². The predicted molar refractivity (Wildman–Crippen MR) is 102 cm³/mol. The smallest absolute Gasteiger partial charge is 0.359 e. The Labute approximate surface area is 164 Å². The number of carbonyl (C=O) groups excluding carboxylic acids is 1. The van der Waals surface area contributed by atoms with Gasteiger partial charge in [-0.1, -0.05) is 23.4 Å². The lowest BCUT2D eigenvalue weighted by molar-refractivity contribution is 0.0421. The van der Waals surface area contributed by atoms with Crippen LogP contribution in [0.15, 0.2) is 51.7 Å². The number of aromatic nitrogens is 4. The molecule has 7 nitrogen and oxygen atoms in total. The van der Waals surface area contributed by atoms with Gasteiger partial charge in [0.1, 0.15) is 0 Å². The summed E-state index contributed by atoms with van der Waals surface area (Å²) in [4.78, 5) is 16.9. The van der Waals surface area contributed by atoms with Crippen LogP contribution in [0.4, 0.5) is 0 Å². The van der Waals surface area contributed by atoms with Gasteiger partial charge < -0.3 is 9.26 Å². The van der Waals surface area contributed by atoms with Crippen molar-refractivity contribution in [1.82, 2.24) is 19.9 Å². The van der Waals surface area contributed by atoms with E-state index in [1.54, 1.807) is 11.3 Å². The molecule has 0 atom stereocenters. The fourth-order valence-corrected chi connectivity index (χ4v) is 4.04. The third-order valence-electron chi connectivity index (χ3n) is 4.70. The van der Waals surface area contributed by atoms with Crippen LogP contribution in [0, 0.1) is 0 Å². The van der Waals surface area contributed by atoms with Crippen molar-refractivity contribution in [2.75, 3.05) is 0 Å². The van der Waals surface area contributed by atoms with E-state index in [2.05, 4.69) is 15.2 Å². The first-order valence-electron chi connectivity index (χ1n) is 8.98. The molecule has 28 heavy (non-hydrogen) atoms. The Bertz CT molecular complexity index is 1120.